The highest BCUT2D eigenvalue weighted by atomic mass is 16.5. The number of fused-ring (bicyclic) bond motifs is 3. The summed E-state index contributed by atoms with van der Waals surface area (Å²) in [6, 6.07) is 32.4. The molecule has 1 unspecified atom stereocenters. The lowest BCUT2D eigenvalue weighted by Crippen LogP contribution is -2.03. The maximum atomic E-state index is 6.76. The third-order valence-electron chi connectivity index (χ3n) is 10.1. The molecule has 0 spiro atoms. The molecule has 0 N–H and O–H groups in total. The summed E-state index contributed by atoms with van der Waals surface area (Å²) in [4.78, 5) is 4.90. The van der Waals surface area contributed by atoms with Gasteiger partial charge in [-0.3, -0.25) is 4.57 Å². The van der Waals surface area contributed by atoms with Gasteiger partial charge in [-0.1, -0.05) is 71.0 Å². The maximum Gasteiger partial charge on any atom is 0.137 e. The molecule has 0 radical (unpaired) electrons. The van der Waals surface area contributed by atoms with Crippen molar-refractivity contribution in [1.29, 1.82) is 0 Å². The second-order valence-electron chi connectivity index (χ2n) is 14.8. The van der Waals surface area contributed by atoms with Gasteiger partial charge in [0.25, 0.3) is 0 Å². The van der Waals surface area contributed by atoms with E-state index in [9.17, 15) is 0 Å². The van der Waals surface area contributed by atoms with Crippen LogP contribution in [0.5, 0.6) is 11.5 Å². The molecule has 4 aromatic carbocycles. The normalized spacial score (nSPS) is 12.5. The summed E-state index contributed by atoms with van der Waals surface area (Å²) in [5.41, 5.74) is 12.8. The van der Waals surface area contributed by atoms with Crippen LogP contribution in [0.1, 0.15) is 86.5 Å². The molecule has 0 saturated carbocycles. The standard InChI is InChI=1S/C45H48N4O/c1-27(2)21-31(7)34-19-20-46-43(24-34)48-41-16-11-10-15-39(41)40-18-17-37(26-42(40)48)50-38-23-35(28(3)4)22-36(25-38)49-33(9)45(32(8)47-49)44-29(5)13-12-14-30(44)6/h10-20,22-28,31H,21H2,1-9H3. The van der Waals surface area contributed by atoms with E-state index in [-0.39, 0.29) is 0 Å². The highest BCUT2D eigenvalue weighted by Gasteiger charge is 2.20. The van der Waals surface area contributed by atoms with Crippen LogP contribution in [0.2, 0.25) is 0 Å². The Morgan fingerprint density at radius 1 is 0.660 bits per heavy atom. The molecule has 3 heterocycles. The number of ether oxygens (including phenoxy) is 1. The lowest BCUT2D eigenvalue weighted by atomic mass is 9.92. The Morgan fingerprint density at radius 2 is 1.40 bits per heavy atom. The van der Waals surface area contributed by atoms with E-state index < -0.39 is 0 Å². The summed E-state index contributed by atoms with van der Waals surface area (Å²) in [6.45, 7) is 20.0. The second kappa shape index (κ2) is 13.3. The zero-order valence-corrected chi connectivity index (χ0v) is 30.9. The Bertz CT molecular complexity index is 2340. The minimum atomic E-state index is 0.314. The molecule has 7 aromatic rings. The molecule has 0 aliphatic carbocycles. The molecule has 0 fully saturated rings. The predicted octanol–water partition coefficient (Wildman–Crippen LogP) is 12.3. The largest absolute Gasteiger partial charge is 0.457 e. The first-order valence-corrected chi connectivity index (χ1v) is 18.0. The van der Waals surface area contributed by atoms with Crippen molar-refractivity contribution in [3.05, 3.63) is 131 Å². The van der Waals surface area contributed by atoms with Crippen LogP contribution in [0, 0.1) is 33.6 Å². The Kier molecular flexibility index (Phi) is 8.86. The Morgan fingerprint density at radius 3 is 2.14 bits per heavy atom. The van der Waals surface area contributed by atoms with E-state index in [1.807, 2.05) is 6.20 Å². The molecule has 0 bridgehead atoms. The van der Waals surface area contributed by atoms with Crippen LogP contribution in [0.3, 0.4) is 0 Å². The number of benzene rings is 4. The Balaban J connectivity index is 1.32. The summed E-state index contributed by atoms with van der Waals surface area (Å²) in [5, 5.41) is 7.46. The summed E-state index contributed by atoms with van der Waals surface area (Å²) >= 11 is 0. The predicted molar refractivity (Wildman–Crippen MR) is 209 cm³/mol. The lowest BCUT2D eigenvalue weighted by Gasteiger charge is -2.16. The monoisotopic (exact) mass is 660 g/mol. The van der Waals surface area contributed by atoms with Crippen LogP contribution in [0.25, 0.3) is 44.4 Å². The third kappa shape index (κ3) is 6.10. The van der Waals surface area contributed by atoms with Crippen LogP contribution in [0.15, 0.2) is 97.2 Å². The molecule has 0 amide bonds. The number of hydrogen-bond donors (Lipinski definition) is 0. The van der Waals surface area contributed by atoms with Gasteiger partial charge in [0.2, 0.25) is 0 Å². The SMILES string of the molecule is Cc1cccc(C)c1-c1c(C)nn(-c2cc(Oc3ccc4c5ccccc5n(-c5cc(C(C)CC(C)C)ccn5)c4c3)cc(C(C)C)c2)c1C. The molecule has 7 rings (SSSR count). The number of aromatic nitrogens is 4. The highest BCUT2D eigenvalue weighted by Crippen LogP contribution is 2.38. The minimum absolute atomic E-state index is 0.314. The fraction of sp³-hybridized carbons (Fsp3) is 0.289. The van der Waals surface area contributed by atoms with Gasteiger partial charge in [0.1, 0.15) is 17.3 Å². The maximum absolute atomic E-state index is 6.76. The van der Waals surface area contributed by atoms with Crippen molar-refractivity contribution in [2.24, 2.45) is 5.92 Å². The molecule has 50 heavy (non-hydrogen) atoms. The van der Waals surface area contributed by atoms with Crippen molar-refractivity contribution in [2.75, 3.05) is 0 Å². The van der Waals surface area contributed by atoms with E-state index in [4.69, 9.17) is 14.8 Å². The van der Waals surface area contributed by atoms with Gasteiger partial charge in [0, 0.05) is 40.4 Å². The van der Waals surface area contributed by atoms with Gasteiger partial charge in [0.05, 0.1) is 22.4 Å². The van der Waals surface area contributed by atoms with Crippen LogP contribution in [-0.2, 0) is 0 Å². The van der Waals surface area contributed by atoms with Gasteiger partial charge in [0.15, 0.2) is 0 Å². The van der Waals surface area contributed by atoms with Crippen molar-refractivity contribution in [1.82, 2.24) is 19.3 Å². The molecule has 1 atom stereocenters. The van der Waals surface area contributed by atoms with Gasteiger partial charge in [-0.25, -0.2) is 9.67 Å². The third-order valence-corrected chi connectivity index (χ3v) is 10.1. The number of para-hydroxylation sites is 1. The quantitative estimate of drug-likeness (QED) is 0.155. The lowest BCUT2D eigenvalue weighted by molar-refractivity contribution is 0.481. The summed E-state index contributed by atoms with van der Waals surface area (Å²) in [5.74, 6) is 3.89. The molecular weight excluding hydrogens is 613 g/mol. The number of nitrogens with zero attached hydrogens (tertiary/aromatic N) is 4. The smallest absolute Gasteiger partial charge is 0.137 e. The Hall–Kier alpha value is -5.16. The van der Waals surface area contributed by atoms with Gasteiger partial charge in [-0.2, -0.15) is 5.10 Å². The van der Waals surface area contributed by atoms with E-state index in [0.29, 0.717) is 17.8 Å². The van der Waals surface area contributed by atoms with Crippen molar-refractivity contribution in [2.45, 2.75) is 80.6 Å². The second-order valence-corrected chi connectivity index (χ2v) is 14.8. The number of aryl methyl sites for hydroxylation is 3. The average Bonchev–Trinajstić information content (AvgIpc) is 3.57. The van der Waals surface area contributed by atoms with Crippen molar-refractivity contribution < 1.29 is 4.74 Å². The van der Waals surface area contributed by atoms with E-state index >= 15 is 0 Å². The van der Waals surface area contributed by atoms with Gasteiger partial charge < -0.3 is 4.74 Å². The topological polar surface area (TPSA) is 44.9 Å². The first-order chi connectivity index (χ1) is 24.0. The molecule has 0 aliphatic heterocycles. The first kappa shape index (κ1) is 33.3. The molecule has 0 aliphatic rings. The molecule has 5 nitrogen and oxygen atoms in total. The van der Waals surface area contributed by atoms with Crippen molar-refractivity contribution in [3.63, 3.8) is 0 Å². The van der Waals surface area contributed by atoms with Crippen LogP contribution in [0.4, 0.5) is 0 Å². The highest BCUT2D eigenvalue weighted by molar-refractivity contribution is 6.09. The summed E-state index contributed by atoms with van der Waals surface area (Å²) < 4.78 is 11.1. The summed E-state index contributed by atoms with van der Waals surface area (Å²) in [7, 11) is 0. The summed E-state index contributed by atoms with van der Waals surface area (Å²) in [6.07, 6.45) is 3.09. The van der Waals surface area contributed by atoms with E-state index in [2.05, 4.69) is 163 Å². The van der Waals surface area contributed by atoms with Crippen LogP contribution < -0.4 is 4.74 Å². The Labute approximate surface area is 296 Å². The van der Waals surface area contributed by atoms with Gasteiger partial charge in [-0.05, 0) is 122 Å². The first-order valence-electron chi connectivity index (χ1n) is 18.0. The van der Waals surface area contributed by atoms with E-state index in [1.165, 1.54) is 44.2 Å². The molecule has 0 saturated heterocycles. The molecular formula is C45H48N4O. The van der Waals surface area contributed by atoms with Crippen molar-refractivity contribution in [3.8, 4) is 34.1 Å². The number of pyridine rings is 1. The molecule has 3 aromatic heterocycles. The zero-order valence-electron chi connectivity index (χ0n) is 30.9. The van der Waals surface area contributed by atoms with Gasteiger partial charge >= 0.3 is 0 Å². The fourth-order valence-electron chi connectivity index (χ4n) is 7.69. The molecule has 5 heteroatoms. The average molecular weight is 661 g/mol. The minimum Gasteiger partial charge on any atom is -0.457 e. The van der Waals surface area contributed by atoms with Crippen molar-refractivity contribution >= 4 is 21.8 Å². The number of hydrogen-bond acceptors (Lipinski definition) is 3. The number of rotatable bonds is 9. The van der Waals surface area contributed by atoms with Gasteiger partial charge in [-0.15, -0.1) is 0 Å². The zero-order chi connectivity index (χ0) is 35.3. The van der Waals surface area contributed by atoms with Crippen LogP contribution >= 0.6 is 0 Å². The molecule has 254 valence electrons. The van der Waals surface area contributed by atoms with E-state index in [1.54, 1.807) is 0 Å². The fourth-order valence-corrected chi connectivity index (χ4v) is 7.69. The van der Waals surface area contributed by atoms with Crippen LogP contribution in [-0.4, -0.2) is 19.3 Å². The van der Waals surface area contributed by atoms with E-state index in [0.717, 1.165) is 51.8 Å².